The van der Waals surface area contributed by atoms with Crippen LogP contribution in [0.1, 0.15) is 16.8 Å². The van der Waals surface area contributed by atoms with E-state index in [0.29, 0.717) is 35.8 Å². The number of carbonyl (C=O) groups is 1. The summed E-state index contributed by atoms with van der Waals surface area (Å²) in [5, 5.41) is 15.6. The number of anilines is 3. The SMILES string of the molecule is O=C(O)c1cncc(-c2cnc(Nc3ccc(F)c(Cl)c3)nc2N[C@@H]2CCOC2)c1. The van der Waals surface area contributed by atoms with Crippen LogP contribution in [0.3, 0.4) is 0 Å². The number of rotatable bonds is 6. The van der Waals surface area contributed by atoms with E-state index in [1.165, 1.54) is 30.5 Å². The Kier molecular flexibility index (Phi) is 5.73. The van der Waals surface area contributed by atoms with Crippen molar-refractivity contribution in [3.8, 4) is 11.1 Å². The number of carboxylic acid groups (broad SMARTS) is 1. The van der Waals surface area contributed by atoms with Gasteiger partial charge in [0.2, 0.25) is 5.95 Å². The van der Waals surface area contributed by atoms with Crippen molar-refractivity contribution in [2.75, 3.05) is 23.8 Å². The lowest BCUT2D eigenvalue weighted by molar-refractivity contribution is 0.0696. The summed E-state index contributed by atoms with van der Waals surface area (Å²) in [4.78, 5) is 24.2. The largest absolute Gasteiger partial charge is 0.478 e. The Morgan fingerprint density at radius 2 is 2.13 bits per heavy atom. The highest BCUT2D eigenvalue weighted by atomic mass is 35.5. The van der Waals surface area contributed by atoms with Crippen molar-refractivity contribution in [1.29, 1.82) is 0 Å². The van der Waals surface area contributed by atoms with Crippen molar-refractivity contribution in [1.82, 2.24) is 15.0 Å². The maximum atomic E-state index is 13.4. The molecule has 3 heterocycles. The monoisotopic (exact) mass is 429 g/mol. The molecule has 2 aromatic heterocycles. The van der Waals surface area contributed by atoms with Gasteiger partial charge in [-0.2, -0.15) is 4.98 Å². The number of aromatic carboxylic acids is 1. The average Bonchev–Trinajstić information content (AvgIpc) is 3.24. The second-order valence-electron chi connectivity index (χ2n) is 6.68. The smallest absolute Gasteiger partial charge is 0.337 e. The van der Waals surface area contributed by atoms with Crippen molar-refractivity contribution in [3.63, 3.8) is 0 Å². The predicted molar refractivity (Wildman–Crippen MR) is 110 cm³/mol. The number of pyridine rings is 1. The van der Waals surface area contributed by atoms with E-state index in [-0.39, 0.29) is 22.6 Å². The third-order valence-electron chi connectivity index (χ3n) is 4.53. The van der Waals surface area contributed by atoms with E-state index in [1.54, 1.807) is 12.4 Å². The summed E-state index contributed by atoms with van der Waals surface area (Å²) in [6.07, 6.45) is 5.21. The third kappa shape index (κ3) is 4.47. The zero-order valence-electron chi connectivity index (χ0n) is 15.6. The first-order chi connectivity index (χ1) is 14.5. The van der Waals surface area contributed by atoms with Crippen LogP contribution in [-0.4, -0.2) is 45.3 Å². The molecule has 0 amide bonds. The first-order valence-electron chi connectivity index (χ1n) is 9.12. The number of hydrogen-bond donors (Lipinski definition) is 3. The number of aromatic nitrogens is 3. The van der Waals surface area contributed by atoms with Crippen molar-refractivity contribution in [2.45, 2.75) is 12.5 Å². The summed E-state index contributed by atoms with van der Waals surface area (Å²) in [5.74, 6) is -0.825. The van der Waals surface area contributed by atoms with Crippen LogP contribution in [-0.2, 0) is 4.74 Å². The normalized spacial score (nSPS) is 15.7. The zero-order valence-corrected chi connectivity index (χ0v) is 16.4. The van der Waals surface area contributed by atoms with Crippen molar-refractivity contribution in [2.24, 2.45) is 0 Å². The molecule has 3 N–H and O–H groups in total. The molecule has 0 radical (unpaired) electrons. The molecule has 0 aliphatic carbocycles. The number of ether oxygens (including phenoxy) is 1. The molecule has 1 aliphatic rings. The second-order valence-corrected chi connectivity index (χ2v) is 7.09. The van der Waals surface area contributed by atoms with Gasteiger partial charge in [0.25, 0.3) is 0 Å². The van der Waals surface area contributed by atoms with Crippen molar-refractivity contribution in [3.05, 3.63) is 59.3 Å². The van der Waals surface area contributed by atoms with Crippen LogP contribution in [0.25, 0.3) is 11.1 Å². The molecule has 0 unspecified atom stereocenters. The predicted octanol–water partition coefficient (Wildman–Crippen LogP) is 3.97. The molecule has 0 bridgehead atoms. The third-order valence-corrected chi connectivity index (χ3v) is 4.82. The molecule has 1 atom stereocenters. The number of hydrogen-bond acceptors (Lipinski definition) is 7. The van der Waals surface area contributed by atoms with E-state index in [4.69, 9.17) is 16.3 Å². The molecular formula is C20H17ClFN5O3. The molecule has 0 spiro atoms. The van der Waals surface area contributed by atoms with E-state index in [2.05, 4.69) is 25.6 Å². The minimum Gasteiger partial charge on any atom is -0.478 e. The maximum Gasteiger partial charge on any atom is 0.337 e. The van der Waals surface area contributed by atoms with Gasteiger partial charge in [-0.1, -0.05) is 11.6 Å². The van der Waals surface area contributed by atoms with Gasteiger partial charge < -0.3 is 20.5 Å². The molecule has 3 aromatic rings. The summed E-state index contributed by atoms with van der Waals surface area (Å²) in [6, 6.07) is 5.78. The van der Waals surface area contributed by atoms with Gasteiger partial charge in [0.05, 0.1) is 23.2 Å². The molecule has 1 aliphatic heterocycles. The lowest BCUT2D eigenvalue weighted by atomic mass is 10.1. The van der Waals surface area contributed by atoms with Gasteiger partial charge in [-0.15, -0.1) is 0 Å². The fourth-order valence-electron chi connectivity index (χ4n) is 3.01. The van der Waals surface area contributed by atoms with Crippen LogP contribution in [0.4, 0.5) is 21.8 Å². The number of nitrogens with zero attached hydrogens (tertiary/aromatic N) is 3. The standard InChI is InChI=1S/C20H17ClFN5O3/c21-16-6-13(1-2-17(16)22)26-20-24-9-15(11-5-12(19(28)29)8-23-7-11)18(27-20)25-14-3-4-30-10-14/h1-2,5-9,14H,3-4,10H2,(H,28,29)(H2,24,25,26,27)/t14-/m1/s1. The molecule has 1 saturated heterocycles. The fourth-order valence-corrected chi connectivity index (χ4v) is 3.19. The lowest BCUT2D eigenvalue weighted by Gasteiger charge is -2.16. The summed E-state index contributed by atoms with van der Waals surface area (Å²) in [6.45, 7) is 1.18. The van der Waals surface area contributed by atoms with Crippen LogP contribution >= 0.6 is 11.6 Å². The number of halogens is 2. The first-order valence-corrected chi connectivity index (χ1v) is 9.49. The molecule has 8 nitrogen and oxygen atoms in total. The highest BCUT2D eigenvalue weighted by Crippen LogP contribution is 2.29. The average molecular weight is 430 g/mol. The van der Waals surface area contributed by atoms with Gasteiger partial charge in [-0.05, 0) is 30.7 Å². The minimum atomic E-state index is -1.07. The molecule has 1 aromatic carbocycles. The number of carboxylic acids is 1. The van der Waals surface area contributed by atoms with Gasteiger partial charge >= 0.3 is 5.97 Å². The van der Waals surface area contributed by atoms with Crippen LogP contribution in [0, 0.1) is 5.82 Å². The van der Waals surface area contributed by atoms with Crippen molar-refractivity contribution < 1.29 is 19.0 Å². The fraction of sp³-hybridized carbons (Fsp3) is 0.200. The second kappa shape index (κ2) is 8.60. The number of nitrogens with one attached hydrogen (secondary N) is 2. The molecule has 1 fully saturated rings. The lowest BCUT2D eigenvalue weighted by Crippen LogP contribution is -2.20. The Morgan fingerprint density at radius 3 is 2.87 bits per heavy atom. The summed E-state index contributed by atoms with van der Waals surface area (Å²) in [7, 11) is 0. The zero-order chi connectivity index (χ0) is 21.1. The van der Waals surface area contributed by atoms with Gasteiger partial charge in [0.15, 0.2) is 0 Å². The summed E-state index contributed by atoms with van der Waals surface area (Å²) in [5.41, 5.74) is 1.75. The molecule has 30 heavy (non-hydrogen) atoms. The Hall–Kier alpha value is -3.30. The Labute approximate surface area is 176 Å². The van der Waals surface area contributed by atoms with Gasteiger partial charge in [-0.3, -0.25) is 4.98 Å². The van der Waals surface area contributed by atoms with Crippen LogP contribution in [0.2, 0.25) is 5.02 Å². The minimum absolute atomic E-state index is 0.0189. The Bertz CT molecular complexity index is 1090. The molecule has 4 rings (SSSR count). The molecule has 154 valence electrons. The van der Waals surface area contributed by atoms with Crippen LogP contribution in [0.5, 0.6) is 0 Å². The van der Waals surface area contributed by atoms with Gasteiger partial charge in [-0.25, -0.2) is 14.2 Å². The van der Waals surface area contributed by atoms with E-state index in [1.807, 2.05) is 0 Å². The van der Waals surface area contributed by atoms with Gasteiger partial charge in [0, 0.05) is 42.0 Å². The summed E-state index contributed by atoms with van der Waals surface area (Å²) < 4.78 is 18.8. The summed E-state index contributed by atoms with van der Waals surface area (Å²) >= 11 is 5.83. The highest BCUT2D eigenvalue weighted by molar-refractivity contribution is 6.31. The maximum absolute atomic E-state index is 13.4. The molecule has 10 heteroatoms. The van der Waals surface area contributed by atoms with E-state index in [0.717, 1.165) is 6.42 Å². The Balaban J connectivity index is 1.69. The van der Waals surface area contributed by atoms with E-state index in [9.17, 15) is 14.3 Å². The molecule has 0 saturated carbocycles. The quantitative estimate of drug-likeness (QED) is 0.540. The van der Waals surface area contributed by atoms with E-state index < -0.39 is 11.8 Å². The molecular weight excluding hydrogens is 413 g/mol. The van der Waals surface area contributed by atoms with Crippen molar-refractivity contribution >= 4 is 35.0 Å². The van der Waals surface area contributed by atoms with Crippen LogP contribution < -0.4 is 10.6 Å². The number of benzene rings is 1. The van der Waals surface area contributed by atoms with Crippen LogP contribution in [0.15, 0.2) is 42.9 Å². The first kappa shape index (κ1) is 20.0. The highest BCUT2D eigenvalue weighted by Gasteiger charge is 2.19. The topological polar surface area (TPSA) is 109 Å². The van der Waals surface area contributed by atoms with Gasteiger partial charge in [0.1, 0.15) is 11.6 Å². The Morgan fingerprint density at radius 1 is 1.27 bits per heavy atom. The van der Waals surface area contributed by atoms with E-state index >= 15 is 0 Å².